The first kappa shape index (κ1) is 8.31. The summed E-state index contributed by atoms with van der Waals surface area (Å²) in [7, 11) is 0. The van der Waals surface area contributed by atoms with Crippen molar-refractivity contribution < 1.29 is 4.79 Å². The van der Waals surface area contributed by atoms with Crippen LogP contribution < -0.4 is 0 Å². The van der Waals surface area contributed by atoms with Gasteiger partial charge < -0.3 is 4.90 Å². The summed E-state index contributed by atoms with van der Waals surface area (Å²) in [6.45, 7) is 8.57. The topological polar surface area (TPSA) is 20.3 Å². The molecule has 1 rings (SSSR count). The molecule has 0 N–H and O–H groups in total. The Bertz CT molecular complexity index is 176. The van der Waals surface area contributed by atoms with Crippen molar-refractivity contribution in [2.45, 2.75) is 26.3 Å². The summed E-state index contributed by atoms with van der Waals surface area (Å²) in [6, 6.07) is 0.399. The van der Waals surface area contributed by atoms with Gasteiger partial charge in [-0.1, -0.05) is 6.08 Å². The van der Waals surface area contributed by atoms with Crippen LogP contribution in [0.2, 0.25) is 0 Å². The highest BCUT2D eigenvalue weighted by molar-refractivity contribution is 5.82. The Balaban J connectivity index is 2.70. The number of likely N-dealkylation sites (tertiary alicyclic amines) is 1. The van der Waals surface area contributed by atoms with Gasteiger partial charge in [-0.25, -0.2) is 0 Å². The second-order valence-corrected chi connectivity index (χ2v) is 3.05. The Morgan fingerprint density at radius 3 is 2.73 bits per heavy atom. The predicted molar refractivity (Wildman–Crippen MR) is 45.2 cm³/mol. The molecule has 1 amide bonds. The van der Waals surface area contributed by atoms with Crippen LogP contribution >= 0.6 is 0 Å². The predicted octanol–water partition coefficient (Wildman–Crippen LogP) is 1.43. The van der Waals surface area contributed by atoms with Crippen molar-refractivity contribution in [2.75, 3.05) is 6.54 Å². The molecule has 2 heteroatoms. The number of carbonyl (C=O) groups is 1. The van der Waals surface area contributed by atoms with Crippen LogP contribution in [0.3, 0.4) is 0 Å². The maximum Gasteiger partial charge on any atom is 0.229 e. The van der Waals surface area contributed by atoms with Crippen LogP contribution in [-0.4, -0.2) is 23.4 Å². The number of rotatable bonds is 2. The monoisotopic (exact) mass is 153 g/mol. The Labute approximate surface area is 67.9 Å². The Kier molecular flexibility index (Phi) is 2.32. The van der Waals surface area contributed by atoms with Gasteiger partial charge in [0.25, 0.3) is 0 Å². The molecule has 2 unspecified atom stereocenters. The molecule has 62 valence electrons. The molecule has 0 aromatic rings. The second kappa shape index (κ2) is 3.07. The molecule has 11 heavy (non-hydrogen) atoms. The van der Waals surface area contributed by atoms with E-state index < -0.39 is 0 Å². The molecule has 2 atom stereocenters. The fraction of sp³-hybridized carbons (Fsp3) is 0.667. The first-order valence-corrected chi connectivity index (χ1v) is 4.13. The van der Waals surface area contributed by atoms with E-state index in [1.165, 1.54) is 0 Å². The third kappa shape index (κ3) is 1.30. The van der Waals surface area contributed by atoms with E-state index in [0.717, 1.165) is 13.0 Å². The van der Waals surface area contributed by atoms with E-state index in [9.17, 15) is 4.79 Å². The lowest BCUT2D eigenvalue weighted by molar-refractivity contribution is -0.130. The number of amides is 1. The number of carbonyl (C=O) groups excluding carboxylic acids is 1. The molecular weight excluding hydrogens is 138 g/mol. The van der Waals surface area contributed by atoms with Crippen molar-refractivity contribution in [3.8, 4) is 0 Å². The lowest BCUT2D eigenvalue weighted by Gasteiger charge is -2.18. The van der Waals surface area contributed by atoms with E-state index in [2.05, 4.69) is 13.5 Å². The van der Waals surface area contributed by atoms with Gasteiger partial charge in [-0.15, -0.1) is 6.58 Å². The minimum atomic E-state index is 0.0740. The van der Waals surface area contributed by atoms with Gasteiger partial charge in [-0.2, -0.15) is 0 Å². The molecule has 1 saturated heterocycles. The molecule has 0 bridgehead atoms. The number of hydrogen-bond donors (Lipinski definition) is 0. The van der Waals surface area contributed by atoms with Gasteiger partial charge in [0.05, 0.1) is 5.92 Å². The van der Waals surface area contributed by atoms with Crippen LogP contribution in [0.25, 0.3) is 0 Å². The maximum atomic E-state index is 11.4. The Morgan fingerprint density at radius 2 is 2.45 bits per heavy atom. The summed E-state index contributed by atoms with van der Waals surface area (Å²) < 4.78 is 0. The zero-order chi connectivity index (χ0) is 8.43. The first-order valence-electron chi connectivity index (χ1n) is 4.13. The Morgan fingerprint density at radius 1 is 1.82 bits per heavy atom. The molecule has 1 heterocycles. The molecule has 0 aromatic heterocycles. The normalized spacial score (nSPS) is 31.1. The van der Waals surface area contributed by atoms with Crippen LogP contribution in [0.1, 0.15) is 20.3 Å². The molecule has 0 aliphatic carbocycles. The quantitative estimate of drug-likeness (QED) is 0.549. The maximum absolute atomic E-state index is 11.4. The minimum absolute atomic E-state index is 0.0740. The molecule has 0 saturated carbocycles. The average molecular weight is 153 g/mol. The number of hydrogen-bond acceptors (Lipinski definition) is 1. The van der Waals surface area contributed by atoms with Crippen molar-refractivity contribution in [1.82, 2.24) is 4.90 Å². The van der Waals surface area contributed by atoms with E-state index >= 15 is 0 Å². The summed E-state index contributed by atoms with van der Waals surface area (Å²) >= 11 is 0. The van der Waals surface area contributed by atoms with Gasteiger partial charge >= 0.3 is 0 Å². The highest BCUT2D eigenvalue weighted by atomic mass is 16.2. The van der Waals surface area contributed by atoms with Gasteiger partial charge in [-0.3, -0.25) is 4.79 Å². The van der Waals surface area contributed by atoms with Crippen molar-refractivity contribution >= 4 is 5.91 Å². The van der Waals surface area contributed by atoms with Gasteiger partial charge in [0.2, 0.25) is 5.91 Å². The summed E-state index contributed by atoms with van der Waals surface area (Å²) in [5.74, 6) is 0.319. The molecule has 1 aliphatic rings. The largest absolute Gasteiger partial charge is 0.340 e. The summed E-state index contributed by atoms with van der Waals surface area (Å²) in [5, 5.41) is 0. The molecule has 1 aliphatic heterocycles. The van der Waals surface area contributed by atoms with Crippen LogP contribution in [0, 0.1) is 5.92 Å². The lowest BCUT2D eigenvalue weighted by atomic mass is 10.1. The van der Waals surface area contributed by atoms with E-state index in [1.807, 2.05) is 11.8 Å². The molecular formula is C9H15NO. The van der Waals surface area contributed by atoms with Crippen molar-refractivity contribution in [3.63, 3.8) is 0 Å². The minimum Gasteiger partial charge on any atom is -0.340 e. The van der Waals surface area contributed by atoms with Gasteiger partial charge in [0.1, 0.15) is 0 Å². The summed E-state index contributed by atoms with van der Waals surface area (Å²) in [4.78, 5) is 13.3. The van der Waals surface area contributed by atoms with E-state index in [-0.39, 0.29) is 11.8 Å². The molecule has 0 aromatic carbocycles. The van der Waals surface area contributed by atoms with Crippen molar-refractivity contribution in [2.24, 2.45) is 5.92 Å². The SMILES string of the molecule is C=CC1CC(C)N(CC)C1=O. The molecule has 0 radical (unpaired) electrons. The van der Waals surface area contributed by atoms with E-state index in [1.54, 1.807) is 6.08 Å². The summed E-state index contributed by atoms with van der Waals surface area (Å²) in [6.07, 6.45) is 2.70. The fourth-order valence-corrected chi connectivity index (χ4v) is 1.69. The smallest absolute Gasteiger partial charge is 0.229 e. The Hall–Kier alpha value is -0.790. The number of nitrogens with zero attached hydrogens (tertiary/aromatic N) is 1. The second-order valence-electron chi connectivity index (χ2n) is 3.05. The average Bonchev–Trinajstić information content (AvgIpc) is 2.26. The third-order valence-corrected chi connectivity index (χ3v) is 2.35. The van der Waals surface area contributed by atoms with Crippen molar-refractivity contribution in [1.29, 1.82) is 0 Å². The lowest BCUT2D eigenvalue weighted by Crippen LogP contribution is -2.31. The van der Waals surface area contributed by atoms with E-state index in [4.69, 9.17) is 0 Å². The van der Waals surface area contributed by atoms with Crippen LogP contribution in [0.5, 0.6) is 0 Å². The molecule has 2 nitrogen and oxygen atoms in total. The summed E-state index contributed by atoms with van der Waals surface area (Å²) in [5.41, 5.74) is 0. The standard InChI is InChI=1S/C9H15NO/c1-4-8-6-7(3)10(5-2)9(8)11/h4,7-8H,1,5-6H2,2-3H3. The van der Waals surface area contributed by atoms with Crippen molar-refractivity contribution in [3.05, 3.63) is 12.7 Å². The zero-order valence-electron chi connectivity index (χ0n) is 7.21. The third-order valence-electron chi connectivity index (χ3n) is 2.35. The fourth-order valence-electron chi connectivity index (χ4n) is 1.69. The van der Waals surface area contributed by atoms with Gasteiger partial charge in [0, 0.05) is 12.6 Å². The van der Waals surface area contributed by atoms with Crippen LogP contribution in [0.15, 0.2) is 12.7 Å². The highest BCUT2D eigenvalue weighted by Gasteiger charge is 2.33. The van der Waals surface area contributed by atoms with Gasteiger partial charge in [0.15, 0.2) is 0 Å². The highest BCUT2D eigenvalue weighted by Crippen LogP contribution is 2.24. The van der Waals surface area contributed by atoms with Crippen LogP contribution in [0.4, 0.5) is 0 Å². The zero-order valence-corrected chi connectivity index (χ0v) is 7.21. The first-order chi connectivity index (χ1) is 5.20. The van der Waals surface area contributed by atoms with Crippen LogP contribution in [-0.2, 0) is 4.79 Å². The van der Waals surface area contributed by atoms with E-state index in [0.29, 0.717) is 6.04 Å². The van der Waals surface area contributed by atoms with Gasteiger partial charge in [-0.05, 0) is 20.3 Å². The molecule has 1 fully saturated rings. The molecule has 0 spiro atoms.